The molecule has 1 unspecified atom stereocenters. The molecule has 1 atom stereocenters. The lowest BCUT2D eigenvalue weighted by molar-refractivity contribution is -0.438. The van der Waals surface area contributed by atoms with Gasteiger partial charge in [0.25, 0.3) is 20.2 Å². The molecule has 0 aromatic heterocycles. The van der Waals surface area contributed by atoms with Crippen LogP contribution in [0.5, 0.6) is 0 Å². The Hall–Kier alpha value is -1.95. The number of rotatable bonds is 14. The number of carbonyl (C=O) groups is 2. The van der Waals surface area contributed by atoms with Gasteiger partial charge in [0.2, 0.25) is 5.69 Å². The average Bonchev–Trinajstić information content (AvgIpc) is 2.93. The summed E-state index contributed by atoms with van der Waals surface area (Å²) in [5, 5.41) is 0. The number of ketones is 2. The van der Waals surface area contributed by atoms with E-state index in [0.717, 1.165) is 5.71 Å². The lowest BCUT2D eigenvalue weighted by Crippen LogP contribution is -2.32. The molecule has 0 spiro atoms. The van der Waals surface area contributed by atoms with E-state index in [0.29, 0.717) is 48.1 Å². The number of hydrogen-bond donors (Lipinski definition) is 2. The van der Waals surface area contributed by atoms with Crippen LogP contribution in [-0.4, -0.2) is 65.8 Å². The summed E-state index contributed by atoms with van der Waals surface area (Å²) in [7, 11) is -8.34. The van der Waals surface area contributed by atoms with Gasteiger partial charge in [-0.05, 0) is 38.7 Å². The van der Waals surface area contributed by atoms with Crippen molar-refractivity contribution >= 4 is 43.2 Å². The quantitative estimate of drug-likeness (QED) is 0.209. The van der Waals surface area contributed by atoms with Crippen LogP contribution in [0.25, 0.3) is 0 Å². The van der Waals surface area contributed by atoms with Crippen molar-refractivity contribution in [3.63, 3.8) is 0 Å². The first-order valence-electron chi connectivity index (χ1n) is 11.9. The molecule has 2 N–H and O–H groups in total. The van der Waals surface area contributed by atoms with Crippen LogP contribution in [0.2, 0.25) is 0 Å². The fourth-order valence-corrected chi connectivity index (χ4v) is 5.80. The van der Waals surface area contributed by atoms with E-state index >= 15 is 0 Å². The van der Waals surface area contributed by atoms with Gasteiger partial charge >= 0.3 is 0 Å². The van der Waals surface area contributed by atoms with Gasteiger partial charge in [-0.25, -0.2) is 0 Å². The molecule has 196 valence electrons. The topological polar surface area (TPSA) is 146 Å². The van der Waals surface area contributed by atoms with E-state index in [9.17, 15) is 35.5 Å². The van der Waals surface area contributed by atoms with E-state index < -0.39 is 37.2 Å². The zero-order valence-corrected chi connectivity index (χ0v) is 22.5. The van der Waals surface area contributed by atoms with Gasteiger partial charge in [-0.1, -0.05) is 13.8 Å². The Morgan fingerprint density at radius 1 is 0.914 bits per heavy atom. The van der Waals surface area contributed by atoms with Crippen molar-refractivity contribution in [2.75, 3.05) is 18.1 Å². The summed E-state index contributed by atoms with van der Waals surface area (Å²) in [6.07, 6.45) is 2.42. The Labute approximate surface area is 208 Å². The summed E-state index contributed by atoms with van der Waals surface area (Å²) in [5.41, 5.74) is 2.12. The Kier molecular flexibility index (Phi) is 9.54. The minimum Gasteiger partial charge on any atom is -0.294 e. The van der Waals surface area contributed by atoms with E-state index in [1.165, 1.54) is 0 Å². The van der Waals surface area contributed by atoms with Crippen molar-refractivity contribution in [3.05, 3.63) is 28.8 Å². The van der Waals surface area contributed by atoms with Gasteiger partial charge in [-0.3, -0.25) is 18.7 Å². The maximum Gasteiger partial charge on any atom is 0.265 e. The molecule has 0 saturated heterocycles. The van der Waals surface area contributed by atoms with Crippen LogP contribution < -0.4 is 0 Å². The third-order valence-electron chi connectivity index (χ3n) is 6.60. The standard InChI is InChI=1S/C24H35NO8S2/c1-5-9-21(26)18-15-19(22(27)10-6-2)23-20(16-18)25(12-8-14-35(31,32)33)17(3)24(23,4)11-7-13-34(28,29)30/h15-16H,5-14H2,1-4H3,(H-,28,29,30,31,32,33)/p+1. The molecule has 1 aliphatic heterocycles. The molecular weight excluding hydrogens is 494 g/mol. The molecule has 0 amide bonds. The highest BCUT2D eigenvalue weighted by Crippen LogP contribution is 2.46. The van der Waals surface area contributed by atoms with Crippen LogP contribution in [-0.2, 0) is 25.7 Å². The number of nitrogens with zero attached hydrogens (tertiary/aromatic N) is 1. The van der Waals surface area contributed by atoms with Gasteiger partial charge in [0, 0.05) is 43.4 Å². The summed E-state index contributed by atoms with van der Waals surface area (Å²) in [6, 6.07) is 3.35. The molecule has 0 bridgehead atoms. The smallest absolute Gasteiger partial charge is 0.265 e. The number of hydrogen-bond acceptors (Lipinski definition) is 6. The molecule has 0 aliphatic carbocycles. The predicted octanol–water partition coefficient (Wildman–Crippen LogP) is 3.97. The SMILES string of the molecule is CCCC(=O)c1cc(C(=O)CCC)c2c(c1)[N+](CCCS(=O)(=O)O)=C(C)C2(C)CCCS(=O)(=O)O. The Bertz CT molecular complexity index is 1230. The highest BCUT2D eigenvalue weighted by Gasteiger charge is 2.49. The first-order chi connectivity index (χ1) is 16.1. The van der Waals surface area contributed by atoms with E-state index in [1.54, 1.807) is 12.1 Å². The van der Waals surface area contributed by atoms with Crippen molar-refractivity contribution in [2.45, 2.75) is 78.1 Å². The van der Waals surface area contributed by atoms with Crippen LogP contribution >= 0.6 is 0 Å². The third kappa shape index (κ3) is 7.28. The molecular formula is C24H36NO8S2+. The fraction of sp³-hybridized carbons (Fsp3) is 0.625. The van der Waals surface area contributed by atoms with Gasteiger partial charge < -0.3 is 0 Å². The molecule has 2 rings (SSSR count). The van der Waals surface area contributed by atoms with Crippen LogP contribution in [0.4, 0.5) is 5.69 Å². The van der Waals surface area contributed by atoms with Crippen molar-refractivity contribution in [1.82, 2.24) is 0 Å². The second-order valence-corrected chi connectivity index (χ2v) is 12.5. The van der Waals surface area contributed by atoms with Crippen LogP contribution in [0.15, 0.2) is 12.1 Å². The van der Waals surface area contributed by atoms with Gasteiger partial charge in [-0.2, -0.15) is 21.4 Å². The highest BCUT2D eigenvalue weighted by atomic mass is 32.2. The number of benzene rings is 1. The molecule has 0 radical (unpaired) electrons. The van der Waals surface area contributed by atoms with Crippen LogP contribution in [0.1, 0.15) is 98.9 Å². The lowest BCUT2D eigenvalue weighted by Gasteiger charge is -2.24. The average molecular weight is 531 g/mol. The molecule has 1 aliphatic rings. The molecule has 35 heavy (non-hydrogen) atoms. The Morgan fingerprint density at radius 2 is 1.46 bits per heavy atom. The van der Waals surface area contributed by atoms with E-state index in [2.05, 4.69) is 0 Å². The molecule has 0 saturated carbocycles. The van der Waals surface area contributed by atoms with Gasteiger partial charge in [0.05, 0.1) is 22.5 Å². The van der Waals surface area contributed by atoms with Gasteiger partial charge in [0.1, 0.15) is 6.54 Å². The second kappa shape index (κ2) is 11.4. The summed E-state index contributed by atoms with van der Waals surface area (Å²) < 4.78 is 65.5. The van der Waals surface area contributed by atoms with Crippen molar-refractivity contribution in [1.29, 1.82) is 0 Å². The van der Waals surface area contributed by atoms with Gasteiger partial charge in [-0.15, -0.1) is 0 Å². The summed E-state index contributed by atoms with van der Waals surface area (Å²) in [5.74, 6) is -1.10. The largest absolute Gasteiger partial charge is 0.294 e. The third-order valence-corrected chi connectivity index (χ3v) is 8.21. The second-order valence-electron chi connectivity index (χ2n) is 9.36. The molecule has 1 aromatic rings. The number of carbonyl (C=O) groups excluding carboxylic acids is 2. The first kappa shape index (κ1) is 29.3. The van der Waals surface area contributed by atoms with Crippen LogP contribution in [0, 0.1) is 0 Å². The fourth-order valence-electron chi connectivity index (χ4n) is 4.80. The molecule has 11 heteroatoms. The van der Waals surface area contributed by atoms with Crippen LogP contribution in [0.3, 0.4) is 0 Å². The maximum absolute atomic E-state index is 13.2. The lowest BCUT2D eigenvalue weighted by atomic mass is 9.73. The first-order valence-corrected chi connectivity index (χ1v) is 15.1. The minimum atomic E-state index is -4.17. The molecule has 1 aromatic carbocycles. The van der Waals surface area contributed by atoms with E-state index in [-0.39, 0.29) is 37.4 Å². The van der Waals surface area contributed by atoms with Crippen molar-refractivity contribution < 1.29 is 40.1 Å². The minimum absolute atomic E-state index is 0.101. The monoisotopic (exact) mass is 530 g/mol. The summed E-state index contributed by atoms with van der Waals surface area (Å²) >= 11 is 0. The predicted molar refractivity (Wildman–Crippen MR) is 134 cm³/mol. The Morgan fingerprint density at radius 3 is 2.00 bits per heavy atom. The molecule has 9 nitrogen and oxygen atoms in total. The van der Waals surface area contributed by atoms with E-state index in [4.69, 9.17) is 0 Å². The van der Waals surface area contributed by atoms with Crippen molar-refractivity contribution in [3.8, 4) is 0 Å². The highest BCUT2D eigenvalue weighted by molar-refractivity contribution is 7.86. The Balaban J connectivity index is 2.71. The number of Topliss-reactive ketones (excluding diaryl/α,β-unsaturated/α-hetero) is 2. The zero-order valence-electron chi connectivity index (χ0n) is 20.8. The molecule has 0 fully saturated rings. The summed E-state index contributed by atoms with van der Waals surface area (Å²) in [6.45, 7) is 7.72. The van der Waals surface area contributed by atoms with Gasteiger partial charge in [0.15, 0.2) is 17.3 Å². The zero-order chi connectivity index (χ0) is 26.6. The molecule has 1 heterocycles. The normalized spacial score (nSPS) is 18.1. The van der Waals surface area contributed by atoms with E-state index in [1.807, 2.05) is 32.3 Å². The number of fused-ring (bicyclic) bond motifs is 1. The summed E-state index contributed by atoms with van der Waals surface area (Å²) in [4.78, 5) is 26.0. The maximum atomic E-state index is 13.2. The van der Waals surface area contributed by atoms with Crippen molar-refractivity contribution in [2.24, 2.45) is 0 Å².